The van der Waals surface area contributed by atoms with Gasteiger partial charge >= 0.3 is 5.97 Å². The molecule has 0 radical (unpaired) electrons. The Bertz CT molecular complexity index is 395. The molecular formula is C11H11NO3. The number of carboxylic acids is 1. The van der Waals surface area contributed by atoms with Crippen molar-refractivity contribution < 1.29 is 15.0 Å². The van der Waals surface area contributed by atoms with Crippen LogP contribution in [0, 0.1) is 12.3 Å². The van der Waals surface area contributed by atoms with E-state index in [1.807, 2.05) is 0 Å². The molecule has 1 rings (SSSR count). The second-order valence-corrected chi connectivity index (χ2v) is 2.90. The highest BCUT2D eigenvalue weighted by molar-refractivity contribution is 5.94. The van der Waals surface area contributed by atoms with Gasteiger partial charge in [-0.05, 0) is 12.1 Å². The highest BCUT2D eigenvalue weighted by Crippen LogP contribution is 2.15. The molecule has 0 saturated carbocycles. The van der Waals surface area contributed by atoms with Crippen LogP contribution in [0.25, 0.3) is 0 Å². The number of terminal acetylenes is 1. The van der Waals surface area contributed by atoms with Crippen LogP contribution in [0.15, 0.2) is 24.3 Å². The summed E-state index contributed by atoms with van der Waals surface area (Å²) >= 11 is 0. The average Bonchev–Trinajstić information content (AvgIpc) is 2.26. The zero-order valence-corrected chi connectivity index (χ0v) is 7.97. The molecule has 0 amide bonds. The van der Waals surface area contributed by atoms with E-state index >= 15 is 0 Å². The maximum absolute atomic E-state index is 10.8. The lowest BCUT2D eigenvalue weighted by molar-refractivity contribution is 0.0698. The summed E-state index contributed by atoms with van der Waals surface area (Å²) in [5, 5.41) is 20.5. The normalized spacial score (nSPS) is 11.5. The largest absolute Gasteiger partial charge is 0.478 e. The van der Waals surface area contributed by atoms with Crippen molar-refractivity contribution >= 4 is 11.7 Å². The number of rotatable bonds is 4. The van der Waals surface area contributed by atoms with Gasteiger partial charge in [-0.3, -0.25) is 0 Å². The molecule has 1 aromatic carbocycles. The van der Waals surface area contributed by atoms with Gasteiger partial charge in [-0.1, -0.05) is 18.1 Å². The number of aliphatic hydroxyl groups excluding tert-OH is 1. The number of anilines is 1. The lowest BCUT2D eigenvalue weighted by Crippen LogP contribution is -2.22. The predicted molar refractivity (Wildman–Crippen MR) is 56.7 cm³/mol. The van der Waals surface area contributed by atoms with E-state index in [-0.39, 0.29) is 12.2 Å². The first-order chi connectivity index (χ1) is 7.19. The van der Waals surface area contributed by atoms with Crippen molar-refractivity contribution in [1.82, 2.24) is 0 Å². The highest BCUT2D eigenvalue weighted by atomic mass is 16.4. The van der Waals surface area contributed by atoms with Gasteiger partial charge in [0.05, 0.1) is 12.2 Å². The Kier molecular flexibility index (Phi) is 3.72. The number of aliphatic hydroxyl groups is 1. The maximum Gasteiger partial charge on any atom is 0.337 e. The molecule has 0 aliphatic rings. The Hall–Kier alpha value is -1.99. The third-order valence-electron chi connectivity index (χ3n) is 1.87. The van der Waals surface area contributed by atoms with E-state index in [9.17, 15) is 4.79 Å². The molecule has 1 atom stereocenters. The number of hydrogen-bond donors (Lipinski definition) is 3. The number of para-hydroxylation sites is 1. The van der Waals surface area contributed by atoms with Crippen LogP contribution in [0.4, 0.5) is 5.69 Å². The van der Waals surface area contributed by atoms with Crippen LogP contribution in [0.1, 0.15) is 10.4 Å². The zero-order chi connectivity index (χ0) is 11.3. The van der Waals surface area contributed by atoms with Crippen LogP contribution in [0.2, 0.25) is 0 Å². The third kappa shape index (κ3) is 2.73. The molecule has 78 valence electrons. The first-order valence-corrected chi connectivity index (χ1v) is 4.35. The molecule has 0 aliphatic heterocycles. The number of carboxylic acid groups (broad SMARTS) is 1. The number of hydrogen-bond acceptors (Lipinski definition) is 3. The summed E-state index contributed by atoms with van der Waals surface area (Å²) in [6.07, 6.45) is 5.14. The molecular weight excluding hydrogens is 194 g/mol. The summed E-state index contributed by atoms with van der Waals surface area (Å²) in [4.78, 5) is 10.8. The smallest absolute Gasteiger partial charge is 0.337 e. The molecule has 15 heavy (non-hydrogen) atoms. The summed E-state index contributed by atoms with van der Waals surface area (Å²) in [5.41, 5.74) is 0.535. The minimum Gasteiger partial charge on any atom is -0.478 e. The van der Waals surface area contributed by atoms with E-state index in [1.54, 1.807) is 18.2 Å². The van der Waals surface area contributed by atoms with E-state index in [0.717, 1.165) is 0 Å². The molecule has 0 aromatic heterocycles. The fourth-order valence-electron chi connectivity index (χ4n) is 1.12. The molecule has 1 unspecified atom stereocenters. The highest BCUT2D eigenvalue weighted by Gasteiger charge is 2.11. The third-order valence-corrected chi connectivity index (χ3v) is 1.87. The molecule has 4 heteroatoms. The summed E-state index contributed by atoms with van der Waals surface area (Å²) < 4.78 is 0. The van der Waals surface area contributed by atoms with Crippen LogP contribution >= 0.6 is 0 Å². The van der Waals surface area contributed by atoms with Crippen molar-refractivity contribution in [3.8, 4) is 12.3 Å². The molecule has 0 aliphatic carbocycles. The maximum atomic E-state index is 10.8. The van der Waals surface area contributed by atoms with Gasteiger partial charge in [0.25, 0.3) is 0 Å². The lowest BCUT2D eigenvalue weighted by Gasteiger charge is -2.13. The second kappa shape index (κ2) is 5.03. The standard InChI is InChI=1S/C11H11NO3/c1-2-8(7-13)12-10-6-4-3-5-9(10)11(14)15/h1,3-6,8,12-13H,7H2,(H,14,15). The van der Waals surface area contributed by atoms with Crippen molar-refractivity contribution in [2.75, 3.05) is 11.9 Å². The van der Waals surface area contributed by atoms with Crippen molar-refractivity contribution in [1.29, 1.82) is 0 Å². The van der Waals surface area contributed by atoms with Gasteiger partial charge in [-0.15, -0.1) is 6.42 Å². The van der Waals surface area contributed by atoms with Crippen LogP contribution in [0.5, 0.6) is 0 Å². The molecule has 3 N–H and O–H groups in total. The number of benzene rings is 1. The van der Waals surface area contributed by atoms with E-state index in [4.69, 9.17) is 16.6 Å². The van der Waals surface area contributed by atoms with Crippen molar-refractivity contribution in [3.05, 3.63) is 29.8 Å². The first-order valence-electron chi connectivity index (χ1n) is 4.35. The van der Waals surface area contributed by atoms with Gasteiger partial charge in [0.1, 0.15) is 6.04 Å². The summed E-state index contributed by atoms with van der Waals surface area (Å²) in [6, 6.07) is 5.81. The lowest BCUT2D eigenvalue weighted by atomic mass is 10.1. The van der Waals surface area contributed by atoms with Crippen molar-refractivity contribution in [2.45, 2.75) is 6.04 Å². The zero-order valence-electron chi connectivity index (χ0n) is 7.97. The summed E-state index contributed by atoms with van der Waals surface area (Å²) in [6.45, 7) is -0.246. The molecule has 0 fully saturated rings. The van der Waals surface area contributed by atoms with Gasteiger partial charge in [0, 0.05) is 5.69 Å². The summed E-state index contributed by atoms with van der Waals surface area (Å²) in [7, 11) is 0. The Morgan fingerprint density at radius 2 is 2.20 bits per heavy atom. The van der Waals surface area contributed by atoms with Gasteiger partial charge in [-0.25, -0.2) is 4.79 Å². The minimum absolute atomic E-state index is 0.131. The van der Waals surface area contributed by atoms with Gasteiger partial charge < -0.3 is 15.5 Å². The first kappa shape index (κ1) is 11.1. The van der Waals surface area contributed by atoms with Crippen LogP contribution < -0.4 is 5.32 Å². The Labute approximate surface area is 87.6 Å². The van der Waals surface area contributed by atoms with E-state index in [1.165, 1.54) is 6.07 Å². The molecule has 0 bridgehead atoms. The fraction of sp³-hybridized carbons (Fsp3) is 0.182. The quantitative estimate of drug-likeness (QED) is 0.636. The summed E-state index contributed by atoms with van der Waals surface area (Å²) in [5.74, 6) is 1.28. The van der Waals surface area contributed by atoms with Crippen LogP contribution in [-0.4, -0.2) is 28.8 Å². The molecule has 4 nitrogen and oxygen atoms in total. The van der Waals surface area contributed by atoms with E-state index in [2.05, 4.69) is 11.2 Å². The average molecular weight is 205 g/mol. The molecule has 1 aromatic rings. The van der Waals surface area contributed by atoms with Gasteiger partial charge in [-0.2, -0.15) is 0 Å². The predicted octanol–water partition coefficient (Wildman–Crippen LogP) is 0.791. The molecule has 0 saturated heterocycles. The van der Waals surface area contributed by atoms with Gasteiger partial charge in [0.15, 0.2) is 0 Å². The number of carbonyl (C=O) groups is 1. The van der Waals surface area contributed by atoms with Crippen molar-refractivity contribution in [2.24, 2.45) is 0 Å². The monoisotopic (exact) mass is 205 g/mol. The number of aromatic carboxylic acids is 1. The van der Waals surface area contributed by atoms with Crippen molar-refractivity contribution in [3.63, 3.8) is 0 Å². The SMILES string of the molecule is C#CC(CO)Nc1ccccc1C(=O)O. The fourth-order valence-corrected chi connectivity index (χ4v) is 1.12. The van der Waals surface area contributed by atoms with Crippen LogP contribution in [0.3, 0.4) is 0 Å². The molecule has 0 heterocycles. The Morgan fingerprint density at radius 3 is 2.73 bits per heavy atom. The number of nitrogens with one attached hydrogen (secondary N) is 1. The minimum atomic E-state index is -1.04. The van der Waals surface area contributed by atoms with Gasteiger partial charge in [0.2, 0.25) is 0 Å². The second-order valence-electron chi connectivity index (χ2n) is 2.90. The Balaban J connectivity index is 2.94. The van der Waals surface area contributed by atoms with E-state index < -0.39 is 12.0 Å². The Morgan fingerprint density at radius 1 is 1.53 bits per heavy atom. The van der Waals surface area contributed by atoms with E-state index in [0.29, 0.717) is 5.69 Å². The molecule has 0 spiro atoms. The van der Waals surface area contributed by atoms with Crippen LogP contribution in [-0.2, 0) is 0 Å². The topological polar surface area (TPSA) is 69.6 Å².